The van der Waals surface area contributed by atoms with E-state index in [0.717, 1.165) is 18.0 Å². The molecule has 74 valence electrons. The first-order valence-corrected chi connectivity index (χ1v) is 5.36. The lowest BCUT2D eigenvalue weighted by Crippen LogP contribution is -2.28. The molecule has 1 fully saturated rings. The number of ketones is 1. The second-order valence-electron chi connectivity index (χ2n) is 3.69. The lowest BCUT2D eigenvalue weighted by molar-refractivity contribution is -0.118. The van der Waals surface area contributed by atoms with E-state index in [1.165, 1.54) is 19.3 Å². The van der Waals surface area contributed by atoms with Crippen molar-refractivity contribution in [3.63, 3.8) is 0 Å². The van der Waals surface area contributed by atoms with E-state index in [-0.39, 0.29) is 0 Å². The number of thiocarbonyl (C=S) groups is 1. The summed E-state index contributed by atoms with van der Waals surface area (Å²) in [5, 5.41) is 0. The maximum absolute atomic E-state index is 11.3. The van der Waals surface area contributed by atoms with Gasteiger partial charge in [0.05, 0.1) is 11.4 Å². The Morgan fingerprint density at radius 3 is 2.69 bits per heavy atom. The van der Waals surface area contributed by atoms with Crippen molar-refractivity contribution in [2.75, 3.05) is 13.6 Å². The number of hydrogen-bond donors (Lipinski definition) is 0. The second-order valence-corrected chi connectivity index (χ2v) is 4.17. The van der Waals surface area contributed by atoms with Gasteiger partial charge in [-0.05, 0) is 12.8 Å². The van der Waals surface area contributed by atoms with Crippen molar-refractivity contribution >= 4 is 23.0 Å². The zero-order valence-corrected chi connectivity index (χ0v) is 9.03. The zero-order valence-electron chi connectivity index (χ0n) is 8.21. The SMILES string of the molecule is CN1CCCCCCC(=O)CC1=S. The summed E-state index contributed by atoms with van der Waals surface area (Å²) in [5.74, 6) is 0.304. The van der Waals surface area contributed by atoms with Crippen molar-refractivity contribution in [1.82, 2.24) is 4.90 Å². The molecule has 1 aliphatic rings. The highest BCUT2D eigenvalue weighted by atomic mass is 32.1. The summed E-state index contributed by atoms with van der Waals surface area (Å²) in [5.41, 5.74) is 0. The Labute approximate surface area is 85.3 Å². The lowest BCUT2D eigenvalue weighted by Gasteiger charge is -2.20. The Kier molecular flexibility index (Phi) is 4.36. The van der Waals surface area contributed by atoms with Gasteiger partial charge in [0.1, 0.15) is 5.78 Å². The molecule has 0 aromatic heterocycles. The van der Waals surface area contributed by atoms with E-state index >= 15 is 0 Å². The summed E-state index contributed by atoms with van der Waals surface area (Å²) in [6.45, 7) is 1.01. The fourth-order valence-electron chi connectivity index (χ4n) is 1.54. The molecule has 0 saturated carbocycles. The van der Waals surface area contributed by atoms with Crippen LogP contribution >= 0.6 is 12.2 Å². The monoisotopic (exact) mass is 199 g/mol. The first-order valence-electron chi connectivity index (χ1n) is 4.96. The molecule has 3 heteroatoms. The van der Waals surface area contributed by atoms with Crippen molar-refractivity contribution in [2.24, 2.45) is 0 Å². The summed E-state index contributed by atoms with van der Waals surface area (Å²) in [6.07, 6.45) is 5.85. The van der Waals surface area contributed by atoms with Crippen LogP contribution in [-0.4, -0.2) is 29.3 Å². The van der Waals surface area contributed by atoms with E-state index in [4.69, 9.17) is 12.2 Å². The zero-order chi connectivity index (χ0) is 9.68. The van der Waals surface area contributed by atoms with Crippen LogP contribution < -0.4 is 0 Å². The van der Waals surface area contributed by atoms with Gasteiger partial charge in [0.2, 0.25) is 0 Å². The molecule has 0 N–H and O–H groups in total. The first kappa shape index (κ1) is 10.6. The van der Waals surface area contributed by atoms with Crippen LogP contribution in [0.25, 0.3) is 0 Å². The van der Waals surface area contributed by atoms with E-state index in [1.54, 1.807) is 0 Å². The molecule has 2 nitrogen and oxygen atoms in total. The molecule has 0 atom stereocenters. The molecule has 1 rings (SSSR count). The smallest absolute Gasteiger partial charge is 0.139 e. The van der Waals surface area contributed by atoms with Crippen LogP contribution in [0.15, 0.2) is 0 Å². The van der Waals surface area contributed by atoms with Gasteiger partial charge in [0.15, 0.2) is 0 Å². The maximum Gasteiger partial charge on any atom is 0.139 e. The van der Waals surface area contributed by atoms with Crippen molar-refractivity contribution in [2.45, 2.75) is 38.5 Å². The molecule has 0 aliphatic carbocycles. The highest BCUT2D eigenvalue weighted by Gasteiger charge is 2.11. The number of carbonyl (C=O) groups excluding carboxylic acids is 1. The largest absolute Gasteiger partial charge is 0.369 e. The summed E-state index contributed by atoms with van der Waals surface area (Å²) >= 11 is 5.16. The van der Waals surface area contributed by atoms with E-state index in [1.807, 2.05) is 11.9 Å². The van der Waals surface area contributed by atoms with Crippen LogP contribution in [0.2, 0.25) is 0 Å². The van der Waals surface area contributed by atoms with E-state index in [2.05, 4.69) is 0 Å². The molecule has 1 aliphatic heterocycles. The highest BCUT2D eigenvalue weighted by molar-refractivity contribution is 7.80. The topological polar surface area (TPSA) is 20.3 Å². The minimum absolute atomic E-state index is 0.304. The number of hydrogen-bond acceptors (Lipinski definition) is 2. The molecule has 0 radical (unpaired) electrons. The van der Waals surface area contributed by atoms with Gasteiger partial charge in [-0.1, -0.05) is 25.1 Å². The number of carbonyl (C=O) groups is 1. The fourth-order valence-corrected chi connectivity index (χ4v) is 1.79. The minimum atomic E-state index is 0.304. The van der Waals surface area contributed by atoms with Crippen molar-refractivity contribution in [3.8, 4) is 0 Å². The lowest BCUT2D eigenvalue weighted by atomic mass is 10.1. The van der Waals surface area contributed by atoms with E-state index in [0.29, 0.717) is 18.6 Å². The van der Waals surface area contributed by atoms with Crippen LogP contribution in [0.1, 0.15) is 38.5 Å². The third-order valence-electron chi connectivity index (χ3n) is 2.47. The van der Waals surface area contributed by atoms with E-state index < -0.39 is 0 Å². The van der Waals surface area contributed by atoms with Gasteiger partial charge in [-0.25, -0.2) is 0 Å². The quantitative estimate of drug-likeness (QED) is 0.558. The molecule has 13 heavy (non-hydrogen) atoms. The average Bonchev–Trinajstić information content (AvgIpc) is 2.09. The van der Waals surface area contributed by atoms with Gasteiger partial charge >= 0.3 is 0 Å². The Hall–Kier alpha value is -0.440. The highest BCUT2D eigenvalue weighted by Crippen LogP contribution is 2.10. The van der Waals surface area contributed by atoms with Crippen LogP contribution in [0.5, 0.6) is 0 Å². The summed E-state index contributed by atoms with van der Waals surface area (Å²) < 4.78 is 0. The molecule has 0 unspecified atom stereocenters. The van der Waals surface area contributed by atoms with Gasteiger partial charge in [0.25, 0.3) is 0 Å². The van der Waals surface area contributed by atoms with Gasteiger partial charge in [-0.2, -0.15) is 0 Å². The average molecular weight is 199 g/mol. The van der Waals surface area contributed by atoms with Crippen molar-refractivity contribution in [3.05, 3.63) is 0 Å². The van der Waals surface area contributed by atoms with Crippen LogP contribution in [0.3, 0.4) is 0 Å². The van der Waals surface area contributed by atoms with Crippen LogP contribution in [0, 0.1) is 0 Å². The van der Waals surface area contributed by atoms with Gasteiger partial charge in [-0.15, -0.1) is 0 Å². The van der Waals surface area contributed by atoms with Gasteiger partial charge in [-0.3, -0.25) is 4.79 Å². The number of Topliss-reactive ketones (excluding diaryl/α,β-unsaturated/α-hetero) is 1. The Morgan fingerprint density at radius 2 is 1.92 bits per heavy atom. The van der Waals surface area contributed by atoms with Crippen molar-refractivity contribution < 1.29 is 4.79 Å². The molecule has 1 saturated heterocycles. The Balaban J connectivity index is 2.47. The molecule has 1 heterocycles. The van der Waals surface area contributed by atoms with Crippen molar-refractivity contribution in [1.29, 1.82) is 0 Å². The van der Waals surface area contributed by atoms with Gasteiger partial charge < -0.3 is 4.90 Å². The number of rotatable bonds is 0. The van der Waals surface area contributed by atoms with Crippen LogP contribution in [0.4, 0.5) is 0 Å². The fraction of sp³-hybridized carbons (Fsp3) is 0.800. The van der Waals surface area contributed by atoms with Crippen LogP contribution in [-0.2, 0) is 4.79 Å². The Bertz CT molecular complexity index is 203. The summed E-state index contributed by atoms with van der Waals surface area (Å²) in [6, 6.07) is 0. The maximum atomic E-state index is 11.3. The summed E-state index contributed by atoms with van der Waals surface area (Å²) in [4.78, 5) is 14.2. The number of nitrogens with zero attached hydrogens (tertiary/aromatic N) is 1. The Morgan fingerprint density at radius 1 is 1.23 bits per heavy atom. The molecular weight excluding hydrogens is 182 g/mol. The second kappa shape index (κ2) is 5.32. The normalized spacial score (nSPS) is 21.8. The third-order valence-corrected chi connectivity index (χ3v) is 2.93. The molecule has 0 amide bonds. The first-order chi connectivity index (χ1) is 6.20. The molecule has 0 bridgehead atoms. The molecule has 0 spiro atoms. The summed E-state index contributed by atoms with van der Waals surface area (Å²) in [7, 11) is 1.98. The van der Waals surface area contributed by atoms with E-state index in [9.17, 15) is 4.79 Å². The minimum Gasteiger partial charge on any atom is -0.369 e. The predicted octanol–water partition coefficient (Wildman–Crippen LogP) is 2.17. The molecule has 0 aromatic rings. The standard InChI is InChI=1S/C10H17NOS/c1-11-7-5-3-2-4-6-9(12)8-10(11)13/h2-8H2,1H3. The van der Waals surface area contributed by atoms with Gasteiger partial charge in [0, 0.05) is 20.0 Å². The molecule has 0 aromatic carbocycles. The predicted molar refractivity (Wildman–Crippen MR) is 57.9 cm³/mol. The molecular formula is C10H17NOS. The third kappa shape index (κ3) is 3.85.